The van der Waals surface area contributed by atoms with E-state index < -0.39 is 86.8 Å². The van der Waals surface area contributed by atoms with Crippen LogP contribution in [0.3, 0.4) is 0 Å². The van der Waals surface area contributed by atoms with Crippen molar-refractivity contribution >= 4 is 5.91 Å². The van der Waals surface area contributed by atoms with Crippen molar-refractivity contribution in [3.05, 3.63) is 24.3 Å². The van der Waals surface area contributed by atoms with Crippen LogP contribution in [0, 0.1) is 0 Å². The third-order valence-electron chi connectivity index (χ3n) is 19.7. The standard InChI is InChI=1S/C78H149NO13/c1-3-5-7-9-11-13-15-17-19-21-23-25-27-29-30-31-32-33-34-35-36-38-40-42-44-46-48-50-52-54-56-58-60-62-70(83)79-66(65-89-77-75(88)73(86)76(69(64-81)91-77)92-78-74(87)72(85)71(84)68(63-80)90-78)67(82)61-59-57-55-53-51-49-47-45-43-41-39-37-28-26-24-22-20-18-16-14-12-10-8-6-4-2/h15,17,21,23,66-69,71-78,80-82,84-88H,3-14,16,18-20,22,24-65H2,1-2H3,(H,79,83)/b17-15-,23-21-. The van der Waals surface area contributed by atoms with Crippen molar-refractivity contribution in [2.75, 3.05) is 19.8 Å². The van der Waals surface area contributed by atoms with Gasteiger partial charge in [0, 0.05) is 6.42 Å². The van der Waals surface area contributed by atoms with E-state index in [0.717, 1.165) is 57.8 Å². The number of hydrogen-bond acceptors (Lipinski definition) is 13. The van der Waals surface area contributed by atoms with Crippen molar-refractivity contribution < 1.29 is 64.6 Å². The smallest absolute Gasteiger partial charge is 0.220 e. The topological polar surface area (TPSA) is 228 Å². The Morgan fingerprint density at radius 2 is 0.717 bits per heavy atom. The Morgan fingerprint density at radius 3 is 1.09 bits per heavy atom. The first kappa shape index (κ1) is 86.6. The Kier molecular flexibility index (Phi) is 59.2. The van der Waals surface area contributed by atoms with E-state index in [2.05, 4.69) is 43.5 Å². The van der Waals surface area contributed by atoms with Gasteiger partial charge in [-0.3, -0.25) is 4.79 Å². The van der Waals surface area contributed by atoms with Crippen molar-refractivity contribution in [3.8, 4) is 0 Å². The molecule has 14 nitrogen and oxygen atoms in total. The number of nitrogens with one attached hydrogen (secondary N) is 1. The predicted octanol–water partition coefficient (Wildman–Crippen LogP) is 17.5. The van der Waals surface area contributed by atoms with Crippen LogP contribution in [0.5, 0.6) is 0 Å². The molecule has 2 rings (SSSR count). The highest BCUT2D eigenvalue weighted by Crippen LogP contribution is 2.30. The molecule has 2 heterocycles. The van der Waals surface area contributed by atoms with Gasteiger partial charge in [-0.15, -0.1) is 0 Å². The Hall–Kier alpha value is -1.53. The lowest BCUT2D eigenvalue weighted by molar-refractivity contribution is -0.359. The molecule has 2 aliphatic rings. The summed E-state index contributed by atoms with van der Waals surface area (Å²) in [6.07, 6.45) is 63.6. The van der Waals surface area contributed by atoms with Gasteiger partial charge in [0.2, 0.25) is 5.91 Å². The molecular formula is C78H149NO13. The van der Waals surface area contributed by atoms with Crippen LogP contribution in [-0.4, -0.2) is 140 Å². The lowest BCUT2D eigenvalue weighted by Gasteiger charge is -2.46. The lowest BCUT2D eigenvalue weighted by Crippen LogP contribution is -2.65. The van der Waals surface area contributed by atoms with E-state index in [1.165, 1.54) is 289 Å². The second-order valence-electron chi connectivity index (χ2n) is 28.2. The number of hydrogen-bond donors (Lipinski definition) is 9. The first-order chi connectivity index (χ1) is 45.1. The van der Waals surface area contributed by atoms with Gasteiger partial charge in [0.05, 0.1) is 32.0 Å². The number of allylic oxidation sites excluding steroid dienone is 4. The van der Waals surface area contributed by atoms with Gasteiger partial charge in [-0.25, -0.2) is 0 Å². The number of aliphatic hydroxyl groups is 8. The monoisotopic (exact) mass is 1310 g/mol. The summed E-state index contributed by atoms with van der Waals surface area (Å²) in [5.74, 6) is -0.198. The number of unbranched alkanes of at least 4 members (excludes halogenated alkanes) is 50. The third-order valence-corrected chi connectivity index (χ3v) is 19.7. The number of ether oxygens (including phenoxy) is 4. The first-order valence-corrected chi connectivity index (χ1v) is 39.6. The van der Waals surface area contributed by atoms with E-state index >= 15 is 0 Å². The SMILES string of the molecule is CCCCCCC/C=C\C/C=C\CCCCCCCCCCCCCCCCCCCCCCCC(=O)NC(COC1OC(CO)C(OC2OC(CO)C(O)C(O)C2O)C(O)C1O)C(O)CCCCCCCCCCCCCCCCCCCCCCCCCCC. The van der Waals surface area contributed by atoms with Gasteiger partial charge in [-0.05, 0) is 44.9 Å². The van der Waals surface area contributed by atoms with Crippen LogP contribution >= 0.6 is 0 Å². The largest absolute Gasteiger partial charge is 0.394 e. The van der Waals surface area contributed by atoms with Gasteiger partial charge in [0.25, 0.3) is 0 Å². The molecule has 0 aromatic carbocycles. The zero-order valence-corrected chi connectivity index (χ0v) is 59.6. The Morgan fingerprint density at radius 1 is 0.391 bits per heavy atom. The molecule has 544 valence electrons. The quantitative estimate of drug-likeness (QED) is 0.0204. The van der Waals surface area contributed by atoms with Crippen molar-refractivity contribution in [1.82, 2.24) is 5.32 Å². The summed E-state index contributed by atoms with van der Waals surface area (Å²) < 4.78 is 23.0. The van der Waals surface area contributed by atoms with E-state index in [1.54, 1.807) is 0 Å². The molecule has 0 aromatic heterocycles. The van der Waals surface area contributed by atoms with E-state index in [0.29, 0.717) is 12.8 Å². The molecule has 0 radical (unpaired) electrons. The Labute approximate surface area is 564 Å². The fraction of sp³-hybridized carbons (Fsp3) is 0.936. The number of carbonyl (C=O) groups excluding carboxylic acids is 1. The maximum atomic E-state index is 13.4. The van der Waals surface area contributed by atoms with Crippen LogP contribution in [0.4, 0.5) is 0 Å². The minimum atomic E-state index is -1.78. The minimum absolute atomic E-state index is 0.198. The molecule has 12 unspecified atom stereocenters. The van der Waals surface area contributed by atoms with Crippen LogP contribution < -0.4 is 5.32 Å². The average molecular weight is 1310 g/mol. The molecule has 0 bridgehead atoms. The summed E-state index contributed by atoms with van der Waals surface area (Å²) in [5.41, 5.74) is 0. The second-order valence-corrected chi connectivity index (χ2v) is 28.2. The normalized spacial score (nSPS) is 22.7. The van der Waals surface area contributed by atoms with Gasteiger partial charge in [0.15, 0.2) is 12.6 Å². The Bertz CT molecular complexity index is 1640. The summed E-state index contributed by atoms with van der Waals surface area (Å²) in [5, 5.41) is 87.8. The molecule has 1 amide bonds. The van der Waals surface area contributed by atoms with Crippen LogP contribution in [0.1, 0.15) is 373 Å². The van der Waals surface area contributed by atoms with E-state index in [1.807, 2.05) is 0 Å². The first-order valence-electron chi connectivity index (χ1n) is 39.6. The molecule has 2 saturated heterocycles. The second kappa shape index (κ2) is 63.0. The molecule has 0 spiro atoms. The van der Waals surface area contributed by atoms with Gasteiger partial charge < -0.3 is 65.1 Å². The molecule has 14 heteroatoms. The molecular weight excluding hydrogens is 1160 g/mol. The average Bonchev–Trinajstić information content (AvgIpc) is 0.829. The molecule has 92 heavy (non-hydrogen) atoms. The predicted molar refractivity (Wildman–Crippen MR) is 378 cm³/mol. The number of amides is 1. The summed E-state index contributed by atoms with van der Waals surface area (Å²) in [7, 11) is 0. The summed E-state index contributed by atoms with van der Waals surface area (Å²) >= 11 is 0. The van der Waals surface area contributed by atoms with E-state index in [-0.39, 0.29) is 12.5 Å². The molecule has 0 aromatic rings. The zero-order valence-electron chi connectivity index (χ0n) is 59.6. The molecule has 0 aliphatic carbocycles. The number of aliphatic hydroxyl groups excluding tert-OH is 8. The third kappa shape index (κ3) is 45.9. The van der Waals surface area contributed by atoms with E-state index in [9.17, 15) is 45.6 Å². The number of carbonyl (C=O) groups is 1. The van der Waals surface area contributed by atoms with Gasteiger partial charge in [0.1, 0.15) is 48.8 Å². The summed E-state index contributed by atoms with van der Waals surface area (Å²) in [6.45, 7) is 2.92. The summed E-state index contributed by atoms with van der Waals surface area (Å²) in [4.78, 5) is 13.4. The van der Waals surface area contributed by atoms with Crippen LogP contribution in [0.15, 0.2) is 24.3 Å². The fourth-order valence-corrected chi connectivity index (χ4v) is 13.4. The van der Waals surface area contributed by atoms with Crippen molar-refractivity contribution in [3.63, 3.8) is 0 Å². The maximum absolute atomic E-state index is 13.4. The molecule has 2 aliphatic heterocycles. The van der Waals surface area contributed by atoms with E-state index in [4.69, 9.17) is 18.9 Å². The highest BCUT2D eigenvalue weighted by Gasteiger charge is 2.51. The molecule has 2 fully saturated rings. The highest BCUT2D eigenvalue weighted by molar-refractivity contribution is 5.76. The Balaban J connectivity index is 1.60. The van der Waals surface area contributed by atoms with Crippen LogP contribution in [-0.2, 0) is 23.7 Å². The van der Waals surface area contributed by atoms with Gasteiger partial charge >= 0.3 is 0 Å². The van der Waals surface area contributed by atoms with Crippen molar-refractivity contribution in [1.29, 1.82) is 0 Å². The zero-order chi connectivity index (χ0) is 66.6. The lowest BCUT2D eigenvalue weighted by atomic mass is 9.97. The molecule has 0 saturated carbocycles. The molecule has 9 N–H and O–H groups in total. The van der Waals surface area contributed by atoms with Crippen molar-refractivity contribution in [2.24, 2.45) is 0 Å². The molecule has 12 atom stereocenters. The fourth-order valence-electron chi connectivity index (χ4n) is 13.4. The van der Waals surface area contributed by atoms with Crippen LogP contribution in [0.2, 0.25) is 0 Å². The van der Waals surface area contributed by atoms with Gasteiger partial charge in [-0.1, -0.05) is 346 Å². The van der Waals surface area contributed by atoms with Crippen molar-refractivity contribution in [2.45, 2.75) is 447 Å². The highest BCUT2D eigenvalue weighted by atomic mass is 16.7. The van der Waals surface area contributed by atoms with Crippen LogP contribution in [0.25, 0.3) is 0 Å². The van der Waals surface area contributed by atoms with Gasteiger partial charge in [-0.2, -0.15) is 0 Å². The maximum Gasteiger partial charge on any atom is 0.220 e. The summed E-state index contributed by atoms with van der Waals surface area (Å²) in [6, 6.07) is -0.828. The minimum Gasteiger partial charge on any atom is -0.394 e. The number of rotatable bonds is 67.